The van der Waals surface area contributed by atoms with Crippen LogP contribution in [0.4, 0.5) is 0 Å². The lowest BCUT2D eigenvalue weighted by Gasteiger charge is -2.06. The predicted octanol–water partition coefficient (Wildman–Crippen LogP) is 4.08. The van der Waals surface area contributed by atoms with Gasteiger partial charge in [0.1, 0.15) is 5.01 Å². The van der Waals surface area contributed by atoms with Crippen molar-refractivity contribution in [2.45, 2.75) is 6.04 Å². The van der Waals surface area contributed by atoms with E-state index in [2.05, 4.69) is 26.1 Å². The summed E-state index contributed by atoms with van der Waals surface area (Å²) in [7, 11) is 0. The summed E-state index contributed by atoms with van der Waals surface area (Å²) < 4.78 is 1.09. The Labute approximate surface area is 127 Å². The second-order valence-corrected chi connectivity index (χ2v) is 7.41. The number of nitrogens with zero attached hydrogens (tertiary/aromatic N) is 2. The van der Waals surface area contributed by atoms with Gasteiger partial charge in [-0.25, -0.2) is 0 Å². The largest absolute Gasteiger partial charge is 0.318 e. The van der Waals surface area contributed by atoms with E-state index in [4.69, 9.17) is 5.73 Å². The van der Waals surface area contributed by atoms with Gasteiger partial charge in [-0.05, 0) is 33.6 Å². The van der Waals surface area contributed by atoms with Crippen LogP contribution in [0, 0.1) is 0 Å². The van der Waals surface area contributed by atoms with E-state index in [1.807, 2.05) is 42.5 Å². The van der Waals surface area contributed by atoms with Gasteiger partial charge in [0, 0.05) is 0 Å². The molecule has 0 spiro atoms. The highest BCUT2D eigenvalue weighted by Gasteiger charge is 2.15. The van der Waals surface area contributed by atoms with E-state index >= 15 is 0 Å². The summed E-state index contributed by atoms with van der Waals surface area (Å²) in [6.07, 6.45) is 0. The molecule has 6 heteroatoms. The topological polar surface area (TPSA) is 51.8 Å². The first kappa shape index (κ1) is 12.9. The monoisotopic (exact) mass is 351 g/mol. The minimum absolute atomic E-state index is 0.212. The molecule has 0 fully saturated rings. The Morgan fingerprint density at radius 1 is 1.00 bits per heavy atom. The van der Waals surface area contributed by atoms with Crippen LogP contribution in [0.5, 0.6) is 0 Å². The van der Waals surface area contributed by atoms with Gasteiger partial charge in [0.15, 0.2) is 5.01 Å². The molecular formula is C13H10BrN3S2. The van der Waals surface area contributed by atoms with Crippen molar-refractivity contribution in [1.29, 1.82) is 0 Å². The van der Waals surface area contributed by atoms with Crippen LogP contribution in [0.3, 0.4) is 0 Å². The van der Waals surface area contributed by atoms with E-state index in [9.17, 15) is 0 Å². The highest BCUT2D eigenvalue weighted by atomic mass is 79.9. The van der Waals surface area contributed by atoms with E-state index in [0.717, 1.165) is 24.2 Å². The zero-order chi connectivity index (χ0) is 13.2. The summed E-state index contributed by atoms with van der Waals surface area (Å²) in [5.41, 5.74) is 7.27. The minimum Gasteiger partial charge on any atom is -0.318 e. The molecule has 1 aromatic carbocycles. The molecule has 2 aromatic heterocycles. The Hall–Kier alpha value is -1.08. The molecular weight excluding hydrogens is 342 g/mol. The van der Waals surface area contributed by atoms with Gasteiger partial charge < -0.3 is 5.73 Å². The summed E-state index contributed by atoms with van der Waals surface area (Å²) in [5, 5.41) is 10.2. The van der Waals surface area contributed by atoms with Crippen molar-refractivity contribution in [2.75, 3.05) is 0 Å². The van der Waals surface area contributed by atoms with E-state index in [-0.39, 0.29) is 6.04 Å². The van der Waals surface area contributed by atoms with Gasteiger partial charge in [0.2, 0.25) is 0 Å². The third kappa shape index (κ3) is 2.76. The molecule has 1 atom stereocenters. The first-order chi connectivity index (χ1) is 9.24. The molecule has 3 rings (SSSR count). The van der Waals surface area contributed by atoms with Crippen LogP contribution < -0.4 is 5.73 Å². The Morgan fingerprint density at radius 2 is 1.79 bits per heavy atom. The van der Waals surface area contributed by atoms with Crippen molar-refractivity contribution in [2.24, 2.45) is 5.73 Å². The van der Waals surface area contributed by atoms with Crippen molar-refractivity contribution in [1.82, 2.24) is 10.2 Å². The maximum Gasteiger partial charge on any atom is 0.157 e. The lowest BCUT2D eigenvalue weighted by atomic mass is 10.1. The van der Waals surface area contributed by atoms with E-state index in [0.29, 0.717) is 0 Å². The second kappa shape index (κ2) is 5.50. The molecule has 1 unspecified atom stereocenters. The molecule has 0 radical (unpaired) electrons. The standard InChI is InChI=1S/C13H10BrN3S2/c14-10-7-6-9(18-10)12-16-17-13(19-12)11(15)8-4-2-1-3-5-8/h1-7,11H,15H2. The van der Waals surface area contributed by atoms with Gasteiger partial charge in [-0.15, -0.1) is 21.5 Å². The van der Waals surface area contributed by atoms with Crippen LogP contribution >= 0.6 is 38.6 Å². The van der Waals surface area contributed by atoms with Gasteiger partial charge in [-0.1, -0.05) is 41.7 Å². The van der Waals surface area contributed by atoms with Crippen LogP contribution in [0.1, 0.15) is 16.6 Å². The average Bonchev–Trinajstić information content (AvgIpc) is 3.07. The van der Waals surface area contributed by atoms with E-state index < -0.39 is 0 Å². The van der Waals surface area contributed by atoms with E-state index in [1.54, 1.807) is 22.7 Å². The quantitative estimate of drug-likeness (QED) is 0.773. The van der Waals surface area contributed by atoms with E-state index in [1.165, 1.54) is 0 Å². The molecule has 3 nitrogen and oxygen atoms in total. The Balaban J connectivity index is 1.89. The number of rotatable bonds is 3. The normalized spacial score (nSPS) is 12.5. The highest BCUT2D eigenvalue weighted by molar-refractivity contribution is 9.11. The molecule has 2 heterocycles. The molecule has 0 amide bonds. The van der Waals surface area contributed by atoms with Crippen molar-refractivity contribution in [3.05, 3.63) is 56.8 Å². The lowest BCUT2D eigenvalue weighted by Crippen LogP contribution is -2.11. The van der Waals surface area contributed by atoms with Gasteiger partial charge in [0.25, 0.3) is 0 Å². The molecule has 3 aromatic rings. The molecule has 2 N–H and O–H groups in total. The number of benzene rings is 1. The van der Waals surface area contributed by atoms with Crippen LogP contribution in [0.15, 0.2) is 46.3 Å². The summed E-state index contributed by atoms with van der Waals surface area (Å²) in [5.74, 6) is 0. The summed E-state index contributed by atoms with van der Waals surface area (Å²) in [6.45, 7) is 0. The molecule has 0 saturated carbocycles. The predicted molar refractivity (Wildman–Crippen MR) is 83.4 cm³/mol. The third-order valence-electron chi connectivity index (χ3n) is 2.65. The van der Waals surface area contributed by atoms with Gasteiger partial charge in [-0.2, -0.15) is 0 Å². The van der Waals surface area contributed by atoms with Crippen molar-refractivity contribution >= 4 is 38.6 Å². The molecule has 0 aliphatic carbocycles. The minimum atomic E-state index is -0.212. The zero-order valence-corrected chi connectivity index (χ0v) is 13.0. The molecule has 0 aliphatic heterocycles. The number of hydrogen-bond donors (Lipinski definition) is 1. The lowest BCUT2D eigenvalue weighted by molar-refractivity contribution is 0.831. The summed E-state index contributed by atoms with van der Waals surface area (Å²) in [6, 6.07) is 13.8. The summed E-state index contributed by atoms with van der Waals surface area (Å²) in [4.78, 5) is 1.11. The number of halogens is 1. The number of nitrogens with two attached hydrogens (primary N) is 1. The Morgan fingerprint density at radius 3 is 2.47 bits per heavy atom. The fourth-order valence-corrected chi connectivity index (χ4v) is 4.00. The number of hydrogen-bond acceptors (Lipinski definition) is 5. The zero-order valence-electron chi connectivity index (χ0n) is 9.79. The first-order valence-electron chi connectivity index (χ1n) is 5.63. The van der Waals surface area contributed by atoms with Crippen molar-refractivity contribution < 1.29 is 0 Å². The Bertz CT molecular complexity index is 678. The first-order valence-corrected chi connectivity index (χ1v) is 8.06. The fourth-order valence-electron chi connectivity index (χ4n) is 1.69. The number of thiophene rings is 1. The van der Waals surface area contributed by atoms with Gasteiger partial charge in [-0.3, -0.25) is 0 Å². The van der Waals surface area contributed by atoms with Crippen LogP contribution in [0.2, 0.25) is 0 Å². The third-order valence-corrected chi connectivity index (χ3v) is 5.45. The molecule has 96 valence electrons. The fraction of sp³-hybridized carbons (Fsp3) is 0.0769. The molecule has 19 heavy (non-hydrogen) atoms. The second-order valence-electron chi connectivity index (χ2n) is 3.94. The van der Waals surface area contributed by atoms with Crippen molar-refractivity contribution in [3.63, 3.8) is 0 Å². The maximum absolute atomic E-state index is 6.21. The summed E-state index contributed by atoms with van der Waals surface area (Å²) >= 11 is 6.64. The highest BCUT2D eigenvalue weighted by Crippen LogP contribution is 2.34. The maximum atomic E-state index is 6.21. The number of aromatic nitrogens is 2. The van der Waals surface area contributed by atoms with Gasteiger partial charge in [0.05, 0.1) is 14.7 Å². The molecule has 0 aliphatic rings. The smallest absolute Gasteiger partial charge is 0.157 e. The SMILES string of the molecule is NC(c1ccccc1)c1nnc(-c2ccc(Br)s2)s1. The molecule has 0 bridgehead atoms. The Kier molecular flexibility index (Phi) is 3.74. The average molecular weight is 352 g/mol. The van der Waals surface area contributed by atoms with Crippen LogP contribution in [0.25, 0.3) is 9.88 Å². The van der Waals surface area contributed by atoms with Gasteiger partial charge >= 0.3 is 0 Å². The molecule has 0 saturated heterocycles. The van der Waals surface area contributed by atoms with Crippen molar-refractivity contribution in [3.8, 4) is 9.88 Å². The van der Waals surface area contributed by atoms with Crippen LogP contribution in [-0.4, -0.2) is 10.2 Å². The van der Waals surface area contributed by atoms with Crippen LogP contribution in [-0.2, 0) is 0 Å².